The Morgan fingerprint density at radius 1 is 1.24 bits per heavy atom. The van der Waals surface area contributed by atoms with Gasteiger partial charge in [0.15, 0.2) is 17.3 Å². The number of fused-ring (bicyclic) bond motifs is 1. The standard InChI is InChI=1S/C22H22FN9O2/c23-15-8-27-20-18(19(25)29-32(20)12-15)21(33)28-16-9-26-4-1-17(16)30-5-2-14(3-6-30)22(34)31-10-13(7-24)11-31/h1,4,8-9,12-14H,2-3,5-6,10-11H2,(H2,25,29)(H,28,33). The molecule has 5 rings (SSSR count). The number of nitrogens with zero attached hydrogens (tertiary/aromatic N) is 7. The number of rotatable bonds is 4. The minimum atomic E-state index is -0.600. The van der Waals surface area contributed by atoms with Crippen molar-refractivity contribution in [2.24, 2.45) is 11.8 Å². The third-order valence-electron chi connectivity index (χ3n) is 6.30. The van der Waals surface area contributed by atoms with Gasteiger partial charge in [-0.1, -0.05) is 0 Å². The topological polar surface area (TPSA) is 146 Å². The lowest BCUT2D eigenvalue weighted by Crippen LogP contribution is -2.53. The summed E-state index contributed by atoms with van der Waals surface area (Å²) in [5.41, 5.74) is 7.35. The molecule has 34 heavy (non-hydrogen) atoms. The number of aromatic nitrogens is 4. The van der Waals surface area contributed by atoms with E-state index in [9.17, 15) is 14.0 Å². The Kier molecular flexibility index (Phi) is 5.45. The molecular formula is C22H22FN9O2. The van der Waals surface area contributed by atoms with E-state index >= 15 is 0 Å². The molecule has 0 bridgehead atoms. The third-order valence-corrected chi connectivity index (χ3v) is 6.30. The lowest BCUT2D eigenvalue weighted by atomic mass is 9.91. The summed E-state index contributed by atoms with van der Waals surface area (Å²) < 4.78 is 14.6. The smallest absolute Gasteiger partial charge is 0.263 e. The van der Waals surface area contributed by atoms with Crippen molar-refractivity contribution in [1.82, 2.24) is 24.5 Å². The molecule has 5 heterocycles. The first-order chi connectivity index (χ1) is 16.4. The molecule has 0 saturated carbocycles. The maximum Gasteiger partial charge on any atom is 0.263 e. The Morgan fingerprint density at radius 2 is 2.00 bits per heavy atom. The highest BCUT2D eigenvalue weighted by Crippen LogP contribution is 2.31. The van der Waals surface area contributed by atoms with Crippen molar-refractivity contribution in [2.75, 3.05) is 42.1 Å². The first kappa shape index (κ1) is 21.6. The van der Waals surface area contributed by atoms with Crippen LogP contribution in [-0.4, -0.2) is 62.5 Å². The number of carbonyl (C=O) groups is 2. The first-order valence-electron chi connectivity index (χ1n) is 10.9. The predicted octanol–water partition coefficient (Wildman–Crippen LogP) is 1.30. The number of anilines is 3. The highest BCUT2D eigenvalue weighted by molar-refractivity contribution is 6.12. The molecule has 3 N–H and O–H groups in total. The van der Waals surface area contributed by atoms with E-state index in [0.717, 1.165) is 22.6 Å². The lowest BCUT2D eigenvalue weighted by molar-refractivity contribution is -0.141. The second kappa shape index (κ2) is 8.58. The lowest BCUT2D eigenvalue weighted by Gasteiger charge is -2.40. The summed E-state index contributed by atoms with van der Waals surface area (Å²) in [6.07, 6.45) is 6.63. The SMILES string of the molecule is N#CC1CN(C(=O)C2CCN(c3ccncc3NC(=O)c3c(N)nn4cc(F)cnc34)CC2)C1. The van der Waals surface area contributed by atoms with Crippen LogP contribution in [0, 0.1) is 29.0 Å². The van der Waals surface area contributed by atoms with Gasteiger partial charge in [0.2, 0.25) is 5.91 Å². The fourth-order valence-electron chi connectivity index (χ4n) is 4.46. The van der Waals surface area contributed by atoms with Crippen molar-refractivity contribution >= 4 is 34.7 Å². The summed E-state index contributed by atoms with van der Waals surface area (Å²) in [4.78, 5) is 37.6. The second-order valence-corrected chi connectivity index (χ2v) is 8.48. The Labute approximate surface area is 194 Å². The molecule has 174 valence electrons. The van der Waals surface area contributed by atoms with E-state index in [-0.39, 0.29) is 34.8 Å². The quantitative estimate of drug-likeness (QED) is 0.589. The number of likely N-dealkylation sites (tertiary alicyclic amines) is 1. The zero-order chi connectivity index (χ0) is 23.8. The van der Waals surface area contributed by atoms with Crippen molar-refractivity contribution < 1.29 is 14.0 Å². The summed E-state index contributed by atoms with van der Waals surface area (Å²) in [5.74, 6) is -1.20. The maximum atomic E-state index is 13.4. The third kappa shape index (κ3) is 3.85. The molecule has 2 aliphatic heterocycles. The number of carbonyl (C=O) groups excluding carboxylic acids is 2. The minimum Gasteiger partial charge on any atom is -0.381 e. The van der Waals surface area contributed by atoms with Crippen LogP contribution in [0.4, 0.5) is 21.6 Å². The van der Waals surface area contributed by atoms with Crippen LogP contribution in [0.1, 0.15) is 23.2 Å². The normalized spacial score (nSPS) is 16.8. The van der Waals surface area contributed by atoms with Crippen LogP contribution in [-0.2, 0) is 4.79 Å². The summed E-state index contributed by atoms with van der Waals surface area (Å²) in [5, 5.41) is 15.7. The Balaban J connectivity index is 1.29. The van der Waals surface area contributed by atoms with E-state index in [0.29, 0.717) is 44.7 Å². The summed E-state index contributed by atoms with van der Waals surface area (Å²) >= 11 is 0. The van der Waals surface area contributed by atoms with Crippen molar-refractivity contribution in [3.8, 4) is 6.07 Å². The zero-order valence-electron chi connectivity index (χ0n) is 18.2. The highest BCUT2D eigenvalue weighted by Gasteiger charge is 2.36. The Hall–Kier alpha value is -4.27. The monoisotopic (exact) mass is 463 g/mol. The first-order valence-corrected chi connectivity index (χ1v) is 10.9. The van der Waals surface area contributed by atoms with Gasteiger partial charge in [0.05, 0.1) is 42.0 Å². The molecule has 0 unspecified atom stereocenters. The second-order valence-electron chi connectivity index (χ2n) is 8.48. The average Bonchev–Trinajstić information content (AvgIpc) is 3.13. The molecule has 3 aromatic heterocycles. The Morgan fingerprint density at radius 3 is 2.74 bits per heavy atom. The number of pyridine rings is 1. The van der Waals surface area contributed by atoms with Gasteiger partial charge in [-0.2, -0.15) is 5.26 Å². The summed E-state index contributed by atoms with van der Waals surface area (Å²) in [7, 11) is 0. The molecule has 3 aromatic rings. The number of hydrogen-bond acceptors (Lipinski definition) is 8. The number of nitrogens with two attached hydrogens (primary N) is 1. The summed E-state index contributed by atoms with van der Waals surface area (Å²) in [6, 6.07) is 3.99. The van der Waals surface area contributed by atoms with Crippen molar-refractivity contribution in [3.63, 3.8) is 0 Å². The number of nitrogen functional groups attached to an aromatic ring is 1. The van der Waals surface area contributed by atoms with Crippen LogP contribution in [0.5, 0.6) is 0 Å². The van der Waals surface area contributed by atoms with Crippen LogP contribution >= 0.6 is 0 Å². The van der Waals surface area contributed by atoms with E-state index in [1.807, 2.05) is 0 Å². The van der Waals surface area contributed by atoms with Crippen molar-refractivity contribution in [3.05, 3.63) is 42.2 Å². The molecule has 0 aliphatic carbocycles. The van der Waals surface area contributed by atoms with Crippen LogP contribution in [0.2, 0.25) is 0 Å². The van der Waals surface area contributed by atoms with Crippen LogP contribution in [0.15, 0.2) is 30.9 Å². The van der Waals surface area contributed by atoms with Crippen LogP contribution < -0.4 is 16.0 Å². The average molecular weight is 463 g/mol. The van der Waals surface area contributed by atoms with E-state index in [4.69, 9.17) is 11.0 Å². The van der Waals surface area contributed by atoms with Crippen LogP contribution in [0.25, 0.3) is 5.65 Å². The molecule has 2 aliphatic rings. The number of hydrogen-bond donors (Lipinski definition) is 2. The predicted molar refractivity (Wildman–Crippen MR) is 120 cm³/mol. The minimum absolute atomic E-state index is 0.0457. The molecular weight excluding hydrogens is 441 g/mol. The van der Waals surface area contributed by atoms with Crippen molar-refractivity contribution in [2.45, 2.75) is 12.8 Å². The summed E-state index contributed by atoms with van der Waals surface area (Å²) in [6.45, 7) is 2.31. The number of piperidine rings is 1. The maximum absolute atomic E-state index is 13.4. The molecule has 2 fully saturated rings. The molecule has 11 nitrogen and oxygen atoms in total. The fourth-order valence-corrected chi connectivity index (χ4v) is 4.46. The number of halogens is 1. The van der Waals surface area contributed by atoms with Gasteiger partial charge in [0.25, 0.3) is 5.91 Å². The van der Waals surface area contributed by atoms with E-state index in [1.165, 1.54) is 0 Å². The number of amides is 2. The molecule has 0 radical (unpaired) electrons. The molecule has 12 heteroatoms. The number of nitriles is 1. The zero-order valence-corrected chi connectivity index (χ0v) is 18.2. The van der Waals surface area contributed by atoms with Gasteiger partial charge < -0.3 is 20.9 Å². The van der Waals surface area contributed by atoms with Gasteiger partial charge in [-0.05, 0) is 18.9 Å². The van der Waals surface area contributed by atoms with Gasteiger partial charge in [0.1, 0.15) is 5.56 Å². The molecule has 0 spiro atoms. The van der Waals surface area contributed by atoms with Gasteiger partial charge in [0, 0.05) is 38.3 Å². The van der Waals surface area contributed by atoms with E-state index < -0.39 is 11.7 Å². The van der Waals surface area contributed by atoms with E-state index in [1.54, 1.807) is 23.4 Å². The van der Waals surface area contributed by atoms with Crippen molar-refractivity contribution in [1.29, 1.82) is 5.26 Å². The number of nitrogens with one attached hydrogen (secondary N) is 1. The van der Waals surface area contributed by atoms with Gasteiger partial charge in [-0.15, -0.1) is 5.10 Å². The van der Waals surface area contributed by atoms with Gasteiger partial charge >= 0.3 is 0 Å². The highest BCUT2D eigenvalue weighted by atomic mass is 19.1. The van der Waals surface area contributed by atoms with Crippen LogP contribution in [0.3, 0.4) is 0 Å². The largest absolute Gasteiger partial charge is 0.381 e. The van der Waals surface area contributed by atoms with E-state index in [2.05, 4.69) is 31.4 Å². The Bertz CT molecular complexity index is 1300. The molecule has 2 saturated heterocycles. The van der Waals surface area contributed by atoms with Gasteiger partial charge in [-0.3, -0.25) is 14.6 Å². The molecule has 0 atom stereocenters. The van der Waals surface area contributed by atoms with Gasteiger partial charge in [-0.25, -0.2) is 13.9 Å². The fraction of sp³-hybridized carbons (Fsp3) is 0.364. The molecule has 2 amide bonds. The molecule has 0 aromatic carbocycles.